The second-order valence-electron chi connectivity index (χ2n) is 4.30. The maximum Gasteiger partial charge on any atom is 0.224 e. The molecule has 1 aromatic carbocycles. The van der Waals surface area contributed by atoms with E-state index in [0.29, 0.717) is 24.6 Å². The van der Waals surface area contributed by atoms with Gasteiger partial charge < -0.3 is 15.4 Å². The highest BCUT2D eigenvalue weighted by molar-refractivity contribution is 6.30. The number of carbonyl (C=O) groups excluding carboxylic acids is 1. The molecule has 5 heteroatoms. The molecule has 0 radical (unpaired) electrons. The monoisotopic (exact) mass is 268 g/mol. The number of hydrogen-bond donors (Lipinski definition) is 2. The van der Waals surface area contributed by atoms with Crippen LogP contribution in [0.5, 0.6) is 0 Å². The fourth-order valence-corrected chi connectivity index (χ4v) is 1.95. The van der Waals surface area contributed by atoms with Gasteiger partial charge in [0.2, 0.25) is 5.91 Å². The van der Waals surface area contributed by atoms with Crippen molar-refractivity contribution in [1.82, 2.24) is 10.6 Å². The lowest BCUT2D eigenvalue weighted by molar-refractivity contribution is -0.121. The number of ether oxygens (including phenoxy) is 1. The fraction of sp³-hybridized carbons (Fsp3) is 0.462. The molecule has 98 valence electrons. The third kappa shape index (κ3) is 4.29. The van der Waals surface area contributed by atoms with Crippen molar-refractivity contribution in [1.29, 1.82) is 0 Å². The molecule has 1 amide bonds. The Labute approximate surface area is 112 Å². The van der Waals surface area contributed by atoms with Crippen LogP contribution in [0.25, 0.3) is 0 Å². The summed E-state index contributed by atoms with van der Waals surface area (Å²) < 4.78 is 5.50. The molecule has 0 aliphatic carbocycles. The second-order valence-corrected chi connectivity index (χ2v) is 4.74. The summed E-state index contributed by atoms with van der Waals surface area (Å²) >= 11 is 5.79. The van der Waals surface area contributed by atoms with Crippen LogP contribution in [0, 0.1) is 0 Å². The van der Waals surface area contributed by atoms with Crippen molar-refractivity contribution in [2.75, 3.05) is 26.2 Å². The van der Waals surface area contributed by atoms with Gasteiger partial charge in [0.1, 0.15) is 0 Å². The summed E-state index contributed by atoms with van der Waals surface area (Å²) in [6.07, 6.45) is 0.449. The van der Waals surface area contributed by atoms with E-state index in [1.54, 1.807) is 12.1 Å². The van der Waals surface area contributed by atoms with Crippen molar-refractivity contribution in [3.63, 3.8) is 0 Å². The average Bonchev–Trinajstić information content (AvgIpc) is 2.40. The van der Waals surface area contributed by atoms with Gasteiger partial charge in [-0.2, -0.15) is 0 Å². The molecular weight excluding hydrogens is 252 g/mol. The Kier molecular flexibility index (Phi) is 4.99. The first-order valence-corrected chi connectivity index (χ1v) is 6.45. The topological polar surface area (TPSA) is 50.4 Å². The lowest BCUT2D eigenvalue weighted by Crippen LogP contribution is -2.45. The van der Waals surface area contributed by atoms with Crippen LogP contribution in [0.2, 0.25) is 5.02 Å². The van der Waals surface area contributed by atoms with E-state index in [-0.39, 0.29) is 12.0 Å². The predicted octanol–water partition coefficient (Wildman–Crippen LogP) is 0.987. The first kappa shape index (κ1) is 13.3. The highest BCUT2D eigenvalue weighted by atomic mass is 35.5. The van der Waals surface area contributed by atoms with Crippen LogP contribution in [-0.4, -0.2) is 38.3 Å². The van der Waals surface area contributed by atoms with Crippen molar-refractivity contribution in [3.8, 4) is 0 Å². The van der Waals surface area contributed by atoms with Crippen molar-refractivity contribution in [2.45, 2.75) is 12.5 Å². The smallest absolute Gasteiger partial charge is 0.224 e. The van der Waals surface area contributed by atoms with Crippen LogP contribution in [0.3, 0.4) is 0 Å². The Morgan fingerprint density at radius 3 is 2.89 bits per heavy atom. The summed E-state index contributed by atoms with van der Waals surface area (Å²) in [6.45, 7) is 2.94. The van der Waals surface area contributed by atoms with E-state index in [4.69, 9.17) is 16.3 Å². The van der Waals surface area contributed by atoms with Gasteiger partial charge in [-0.3, -0.25) is 4.79 Å². The summed E-state index contributed by atoms with van der Waals surface area (Å²) in [6, 6.07) is 7.30. The molecule has 0 bridgehead atoms. The molecule has 1 atom stereocenters. The Balaban J connectivity index is 1.73. The van der Waals surface area contributed by atoms with Crippen LogP contribution in [0.15, 0.2) is 24.3 Å². The fourth-order valence-electron chi connectivity index (χ4n) is 1.83. The summed E-state index contributed by atoms with van der Waals surface area (Å²) in [5.74, 6) is 0.00601. The molecule has 2 rings (SSSR count). The van der Waals surface area contributed by atoms with Gasteiger partial charge in [0.05, 0.1) is 19.1 Å². The minimum Gasteiger partial charge on any atom is -0.374 e. The van der Waals surface area contributed by atoms with Gasteiger partial charge in [-0.1, -0.05) is 23.7 Å². The van der Waals surface area contributed by atoms with Crippen LogP contribution in [-0.2, 0) is 16.0 Å². The summed E-state index contributed by atoms with van der Waals surface area (Å²) in [4.78, 5) is 11.7. The number of amides is 1. The Bertz CT molecular complexity index is 388. The molecule has 1 aliphatic rings. The van der Waals surface area contributed by atoms with Crippen LogP contribution < -0.4 is 10.6 Å². The quantitative estimate of drug-likeness (QED) is 0.856. The number of halogens is 1. The normalized spacial score (nSPS) is 19.5. The molecule has 18 heavy (non-hydrogen) atoms. The zero-order valence-corrected chi connectivity index (χ0v) is 10.9. The highest BCUT2D eigenvalue weighted by Gasteiger charge is 2.14. The van der Waals surface area contributed by atoms with Gasteiger partial charge in [0.25, 0.3) is 0 Å². The maximum atomic E-state index is 11.7. The summed E-state index contributed by atoms with van der Waals surface area (Å²) in [5, 5.41) is 6.78. The third-order valence-corrected chi connectivity index (χ3v) is 3.06. The molecule has 0 saturated carbocycles. The summed E-state index contributed by atoms with van der Waals surface area (Å²) in [5.41, 5.74) is 0.958. The first-order valence-electron chi connectivity index (χ1n) is 6.07. The zero-order chi connectivity index (χ0) is 12.8. The molecule has 4 nitrogen and oxygen atoms in total. The first-order chi connectivity index (χ1) is 8.74. The van der Waals surface area contributed by atoms with Gasteiger partial charge in [-0.25, -0.2) is 0 Å². The minimum absolute atomic E-state index is 0.00601. The largest absolute Gasteiger partial charge is 0.374 e. The van der Waals surface area contributed by atoms with Crippen LogP contribution in [0.4, 0.5) is 0 Å². The van der Waals surface area contributed by atoms with Crippen molar-refractivity contribution in [2.24, 2.45) is 0 Å². The molecule has 2 N–H and O–H groups in total. The van der Waals surface area contributed by atoms with E-state index in [9.17, 15) is 4.79 Å². The van der Waals surface area contributed by atoms with Gasteiger partial charge in [-0.05, 0) is 17.7 Å². The maximum absolute atomic E-state index is 11.7. The minimum atomic E-state index is 0.00601. The van der Waals surface area contributed by atoms with Gasteiger partial charge in [0, 0.05) is 24.7 Å². The third-order valence-electron chi connectivity index (χ3n) is 2.81. The van der Waals surface area contributed by atoms with E-state index in [1.807, 2.05) is 12.1 Å². The van der Waals surface area contributed by atoms with Crippen molar-refractivity contribution < 1.29 is 9.53 Å². The van der Waals surface area contributed by atoms with Crippen LogP contribution in [0.1, 0.15) is 5.56 Å². The number of carbonyl (C=O) groups is 1. The van der Waals surface area contributed by atoms with Gasteiger partial charge in [-0.15, -0.1) is 0 Å². The lowest BCUT2D eigenvalue weighted by atomic mass is 10.1. The molecule has 0 spiro atoms. The van der Waals surface area contributed by atoms with Crippen molar-refractivity contribution in [3.05, 3.63) is 34.9 Å². The van der Waals surface area contributed by atoms with E-state index in [2.05, 4.69) is 10.6 Å². The van der Waals surface area contributed by atoms with Crippen molar-refractivity contribution >= 4 is 17.5 Å². The molecule has 1 aromatic rings. The number of hydrogen-bond acceptors (Lipinski definition) is 3. The number of rotatable bonds is 4. The average molecular weight is 269 g/mol. The van der Waals surface area contributed by atoms with Crippen LogP contribution >= 0.6 is 11.6 Å². The molecule has 0 aromatic heterocycles. The van der Waals surface area contributed by atoms with E-state index in [0.717, 1.165) is 18.7 Å². The highest BCUT2D eigenvalue weighted by Crippen LogP contribution is 2.09. The van der Waals surface area contributed by atoms with Gasteiger partial charge >= 0.3 is 0 Å². The second kappa shape index (κ2) is 6.73. The number of nitrogens with one attached hydrogen (secondary N) is 2. The number of benzene rings is 1. The van der Waals surface area contributed by atoms with E-state index in [1.165, 1.54) is 0 Å². The molecule has 1 saturated heterocycles. The standard InChI is InChI=1S/C13H17ClN2O2/c14-11-3-1-10(2-4-11)7-13(17)16-9-12-8-15-5-6-18-12/h1-4,12,15H,5-9H2,(H,16,17). The summed E-state index contributed by atoms with van der Waals surface area (Å²) in [7, 11) is 0. The molecule has 1 fully saturated rings. The zero-order valence-electron chi connectivity index (χ0n) is 10.1. The molecule has 1 unspecified atom stereocenters. The van der Waals surface area contributed by atoms with Gasteiger partial charge in [0.15, 0.2) is 0 Å². The molecular formula is C13H17ClN2O2. The Morgan fingerprint density at radius 1 is 1.44 bits per heavy atom. The molecule has 1 heterocycles. The predicted molar refractivity (Wildman–Crippen MR) is 70.8 cm³/mol. The Morgan fingerprint density at radius 2 is 2.22 bits per heavy atom. The van der Waals surface area contributed by atoms with E-state index < -0.39 is 0 Å². The Hall–Kier alpha value is -1.10. The SMILES string of the molecule is O=C(Cc1ccc(Cl)cc1)NCC1CNCCO1. The van der Waals surface area contributed by atoms with E-state index >= 15 is 0 Å². The number of morpholine rings is 1. The lowest BCUT2D eigenvalue weighted by Gasteiger charge is -2.23. The molecule has 1 aliphatic heterocycles.